The fraction of sp³-hybridized carbons (Fsp3) is 0.286. The largest absolute Gasteiger partial charge is 0.494 e. The Hall–Kier alpha value is -3.15. The molecule has 0 aliphatic carbocycles. The molecule has 0 N–H and O–H groups in total. The van der Waals surface area contributed by atoms with Gasteiger partial charge in [0.2, 0.25) is 0 Å². The average molecular weight is 446 g/mol. The maximum Gasteiger partial charge on any atom is 0.136 e. The van der Waals surface area contributed by atoms with Crippen molar-refractivity contribution in [1.29, 1.82) is 0 Å². The van der Waals surface area contributed by atoms with Crippen molar-refractivity contribution in [3.05, 3.63) is 101 Å². The molecule has 0 saturated carbocycles. The van der Waals surface area contributed by atoms with E-state index in [2.05, 4.69) is 23.1 Å². The highest BCUT2D eigenvalue weighted by Gasteiger charge is 2.33. The minimum absolute atomic E-state index is 0.0278. The fourth-order valence-electron chi connectivity index (χ4n) is 4.62. The van der Waals surface area contributed by atoms with Crippen LogP contribution < -0.4 is 9.47 Å². The van der Waals surface area contributed by atoms with E-state index < -0.39 is 0 Å². The summed E-state index contributed by atoms with van der Waals surface area (Å²) in [6, 6.07) is 23.1. The van der Waals surface area contributed by atoms with Gasteiger partial charge in [-0.05, 0) is 60.5 Å². The maximum atomic E-state index is 13.8. The molecule has 0 aromatic heterocycles. The van der Waals surface area contributed by atoms with E-state index in [1.807, 2.05) is 49.4 Å². The van der Waals surface area contributed by atoms with Gasteiger partial charge in [-0.15, -0.1) is 0 Å². The number of nitrogens with zero attached hydrogens (tertiary/aromatic N) is 1. The molecular formula is C28H28FNO3. The topological polar surface area (TPSA) is 30.9 Å². The Morgan fingerprint density at radius 2 is 1.67 bits per heavy atom. The van der Waals surface area contributed by atoms with Gasteiger partial charge in [-0.3, -0.25) is 4.90 Å². The third-order valence-corrected chi connectivity index (χ3v) is 6.21. The number of halogens is 1. The highest BCUT2D eigenvalue weighted by Crippen LogP contribution is 2.46. The van der Waals surface area contributed by atoms with E-state index >= 15 is 0 Å². The first-order valence-electron chi connectivity index (χ1n) is 11.5. The molecule has 1 saturated heterocycles. The molecule has 0 radical (unpaired) electrons. The lowest BCUT2D eigenvalue weighted by Crippen LogP contribution is -2.39. The summed E-state index contributed by atoms with van der Waals surface area (Å²) in [5, 5.41) is 0. The lowest BCUT2D eigenvalue weighted by Gasteiger charge is -2.35. The number of ether oxygens (including phenoxy) is 3. The molecular weight excluding hydrogens is 417 g/mol. The number of hydrogen-bond acceptors (Lipinski definition) is 4. The van der Waals surface area contributed by atoms with Gasteiger partial charge in [-0.1, -0.05) is 30.3 Å². The Morgan fingerprint density at radius 3 is 2.39 bits per heavy atom. The van der Waals surface area contributed by atoms with Crippen LogP contribution in [0.2, 0.25) is 0 Å². The first kappa shape index (κ1) is 21.7. The number of benzene rings is 3. The van der Waals surface area contributed by atoms with Crippen LogP contribution in [0.5, 0.6) is 11.5 Å². The van der Waals surface area contributed by atoms with Crippen LogP contribution in [-0.2, 0) is 4.74 Å². The van der Waals surface area contributed by atoms with E-state index in [0.717, 1.165) is 66.8 Å². The number of hydrogen-bond donors (Lipinski definition) is 0. The van der Waals surface area contributed by atoms with E-state index in [-0.39, 0.29) is 11.7 Å². The molecule has 0 bridgehead atoms. The maximum absolute atomic E-state index is 13.8. The summed E-state index contributed by atoms with van der Waals surface area (Å²) < 4.78 is 31.6. The number of para-hydroxylation sites is 1. The summed E-state index contributed by atoms with van der Waals surface area (Å²) in [6.07, 6.45) is 0. The molecule has 0 unspecified atom stereocenters. The number of morpholine rings is 1. The Morgan fingerprint density at radius 1 is 0.939 bits per heavy atom. The van der Waals surface area contributed by atoms with E-state index in [1.165, 1.54) is 17.7 Å². The summed E-state index contributed by atoms with van der Waals surface area (Å²) in [4.78, 5) is 2.40. The summed E-state index contributed by atoms with van der Waals surface area (Å²) in [6.45, 7) is 6.55. The van der Waals surface area contributed by atoms with Gasteiger partial charge in [-0.2, -0.15) is 0 Å². The fourth-order valence-corrected chi connectivity index (χ4v) is 4.62. The molecule has 1 fully saturated rings. The molecule has 3 aromatic rings. The predicted octanol–water partition coefficient (Wildman–Crippen LogP) is 5.49. The smallest absolute Gasteiger partial charge is 0.136 e. The third-order valence-electron chi connectivity index (χ3n) is 6.21. The second-order valence-corrected chi connectivity index (χ2v) is 8.32. The van der Waals surface area contributed by atoms with Crippen LogP contribution in [0, 0.1) is 5.82 Å². The summed E-state index contributed by atoms with van der Waals surface area (Å²) >= 11 is 0. The molecule has 170 valence electrons. The van der Waals surface area contributed by atoms with Crippen LogP contribution in [0.4, 0.5) is 4.39 Å². The second-order valence-electron chi connectivity index (χ2n) is 8.32. The first-order chi connectivity index (χ1) is 16.2. The van der Waals surface area contributed by atoms with E-state index in [9.17, 15) is 4.39 Å². The Labute approximate surface area is 194 Å². The van der Waals surface area contributed by atoms with Gasteiger partial charge in [0.15, 0.2) is 0 Å². The molecule has 0 amide bonds. The lowest BCUT2D eigenvalue weighted by molar-refractivity contribution is 0.0416. The predicted molar refractivity (Wildman–Crippen MR) is 127 cm³/mol. The minimum atomic E-state index is -0.232. The molecule has 0 spiro atoms. The van der Waals surface area contributed by atoms with Crippen LogP contribution in [0.3, 0.4) is 0 Å². The van der Waals surface area contributed by atoms with Gasteiger partial charge >= 0.3 is 0 Å². The third kappa shape index (κ3) is 4.65. The highest BCUT2D eigenvalue weighted by atomic mass is 19.1. The normalized spacial score (nSPS) is 18.5. The van der Waals surface area contributed by atoms with Crippen molar-refractivity contribution in [3.63, 3.8) is 0 Å². The van der Waals surface area contributed by atoms with Crippen LogP contribution in [0.15, 0.2) is 78.4 Å². The van der Waals surface area contributed by atoms with Crippen molar-refractivity contribution in [2.45, 2.75) is 12.8 Å². The van der Waals surface area contributed by atoms with E-state index in [0.29, 0.717) is 6.61 Å². The first-order valence-corrected chi connectivity index (χ1v) is 11.5. The molecule has 33 heavy (non-hydrogen) atoms. The molecule has 4 nitrogen and oxygen atoms in total. The molecule has 5 heteroatoms. The van der Waals surface area contributed by atoms with Crippen LogP contribution in [0.25, 0.3) is 5.76 Å². The number of rotatable bonds is 6. The average Bonchev–Trinajstić information content (AvgIpc) is 2.86. The van der Waals surface area contributed by atoms with Gasteiger partial charge in [0.25, 0.3) is 0 Å². The van der Waals surface area contributed by atoms with E-state index in [4.69, 9.17) is 14.2 Å². The Balaban J connectivity index is 1.64. The van der Waals surface area contributed by atoms with Crippen LogP contribution >= 0.6 is 0 Å². The van der Waals surface area contributed by atoms with Crippen molar-refractivity contribution in [2.24, 2.45) is 0 Å². The van der Waals surface area contributed by atoms with Crippen molar-refractivity contribution in [2.75, 3.05) is 39.5 Å². The van der Waals surface area contributed by atoms with Gasteiger partial charge in [0.05, 0.1) is 19.8 Å². The SMILES string of the molecule is CCOc1ccc(C2=C(CN3CCOCC3)[C@@H](c3ccc(F)cc3)c3ccccc3O2)cc1. The van der Waals surface area contributed by atoms with Crippen LogP contribution in [0.1, 0.15) is 29.5 Å². The molecule has 2 heterocycles. The summed E-state index contributed by atoms with van der Waals surface area (Å²) in [5.41, 5.74) is 4.33. The van der Waals surface area contributed by atoms with Gasteiger partial charge in [0.1, 0.15) is 23.1 Å². The van der Waals surface area contributed by atoms with Crippen molar-refractivity contribution < 1.29 is 18.6 Å². The quantitative estimate of drug-likeness (QED) is 0.502. The number of fused-ring (bicyclic) bond motifs is 1. The van der Waals surface area contributed by atoms with Crippen molar-refractivity contribution >= 4 is 5.76 Å². The standard InChI is InChI=1S/C28H28FNO3/c1-2-32-23-13-9-21(10-14-23)28-25(19-30-15-17-31-18-16-30)27(20-7-11-22(29)12-8-20)24-5-3-4-6-26(24)33-28/h3-14,27H,2,15-19H2,1H3/t27-/m0/s1. The molecule has 2 aliphatic heterocycles. The minimum Gasteiger partial charge on any atom is -0.494 e. The van der Waals surface area contributed by atoms with Gasteiger partial charge in [-0.25, -0.2) is 4.39 Å². The molecule has 3 aromatic carbocycles. The zero-order valence-electron chi connectivity index (χ0n) is 18.8. The van der Waals surface area contributed by atoms with E-state index in [1.54, 1.807) is 0 Å². The van der Waals surface area contributed by atoms with Crippen LogP contribution in [-0.4, -0.2) is 44.4 Å². The van der Waals surface area contributed by atoms with Crippen molar-refractivity contribution in [1.82, 2.24) is 4.90 Å². The van der Waals surface area contributed by atoms with Gasteiger partial charge < -0.3 is 14.2 Å². The summed E-state index contributed by atoms with van der Waals surface area (Å²) in [7, 11) is 0. The lowest BCUT2D eigenvalue weighted by atomic mass is 9.81. The highest BCUT2D eigenvalue weighted by molar-refractivity contribution is 5.73. The Bertz CT molecular complexity index is 1120. The van der Waals surface area contributed by atoms with Gasteiger partial charge in [0, 0.05) is 36.7 Å². The molecule has 2 aliphatic rings. The molecule has 1 atom stereocenters. The molecule has 5 rings (SSSR count). The zero-order valence-corrected chi connectivity index (χ0v) is 18.8. The van der Waals surface area contributed by atoms with Crippen molar-refractivity contribution in [3.8, 4) is 11.5 Å². The second kappa shape index (κ2) is 9.77. The summed E-state index contributed by atoms with van der Waals surface area (Å²) in [5.74, 6) is 2.27. The monoisotopic (exact) mass is 445 g/mol. The zero-order chi connectivity index (χ0) is 22.6. The Kier molecular flexibility index (Phi) is 6.42.